The summed E-state index contributed by atoms with van der Waals surface area (Å²) in [6.07, 6.45) is 5.38. The molecule has 156 valence electrons. The lowest BCUT2D eigenvalue weighted by Crippen LogP contribution is -2.52. The van der Waals surface area contributed by atoms with Crippen LogP contribution in [0, 0.1) is 28.6 Å². The van der Waals surface area contributed by atoms with Crippen LogP contribution < -0.4 is 10.6 Å². The molecule has 0 saturated heterocycles. The smallest absolute Gasteiger partial charge is 0.243 e. The van der Waals surface area contributed by atoms with E-state index in [0.29, 0.717) is 12.0 Å². The zero-order valence-corrected chi connectivity index (χ0v) is 17.1. The third-order valence-electron chi connectivity index (χ3n) is 4.43. The van der Waals surface area contributed by atoms with E-state index in [4.69, 9.17) is 5.26 Å². The Bertz CT molecular complexity index is 954. The van der Waals surface area contributed by atoms with E-state index in [9.17, 15) is 20.0 Å². The third kappa shape index (κ3) is 5.66. The Kier molecular flexibility index (Phi) is 7.68. The maximum atomic E-state index is 13.0. The molecule has 0 saturated carbocycles. The summed E-state index contributed by atoms with van der Waals surface area (Å²) in [6, 6.07) is 4.70. The van der Waals surface area contributed by atoms with Gasteiger partial charge in [-0.25, -0.2) is 4.98 Å². The van der Waals surface area contributed by atoms with Gasteiger partial charge in [-0.05, 0) is 30.6 Å². The lowest BCUT2D eigenvalue weighted by molar-refractivity contribution is -0.129. The van der Waals surface area contributed by atoms with Crippen LogP contribution in [0.3, 0.4) is 0 Å². The Morgan fingerprint density at radius 1 is 1.33 bits per heavy atom. The number of carbonyl (C=O) groups is 2. The topological polar surface area (TPSA) is 142 Å². The normalized spacial score (nSPS) is 16.3. The molecule has 0 unspecified atom stereocenters. The lowest BCUT2D eigenvalue weighted by Gasteiger charge is -2.37. The molecule has 1 aromatic heterocycles. The summed E-state index contributed by atoms with van der Waals surface area (Å²) < 4.78 is 0. The number of rotatable bonds is 7. The van der Waals surface area contributed by atoms with E-state index >= 15 is 0 Å². The highest BCUT2D eigenvalue weighted by Gasteiger charge is 2.32. The summed E-state index contributed by atoms with van der Waals surface area (Å²) in [4.78, 5) is 29.8. The number of hydrogen-bond donors (Lipinski definition) is 3. The van der Waals surface area contributed by atoms with Crippen molar-refractivity contribution in [3.63, 3.8) is 0 Å². The zero-order chi connectivity index (χ0) is 22.3. The first-order valence-electron chi connectivity index (χ1n) is 9.45. The van der Waals surface area contributed by atoms with Crippen molar-refractivity contribution < 1.29 is 14.7 Å². The fourth-order valence-electron chi connectivity index (χ4n) is 3.08. The molecule has 0 radical (unpaired) electrons. The van der Waals surface area contributed by atoms with Gasteiger partial charge in [-0.2, -0.15) is 10.5 Å². The van der Waals surface area contributed by atoms with Crippen LogP contribution in [0.15, 0.2) is 36.3 Å². The number of aliphatic hydroxyl groups excluding tert-OH is 1. The summed E-state index contributed by atoms with van der Waals surface area (Å²) >= 11 is 0. The number of carbonyl (C=O) groups excluding carboxylic acids is 2. The molecule has 1 aliphatic rings. The predicted molar refractivity (Wildman–Crippen MR) is 108 cm³/mol. The molecule has 0 bridgehead atoms. The molecule has 1 aliphatic heterocycles. The van der Waals surface area contributed by atoms with Crippen LogP contribution in [0.25, 0.3) is 0 Å². The molecule has 2 heterocycles. The standard InChI is InChI=1S/C21H24N6O3/c1-13(2)7-19(27-6-4-5-17(21(27)30)26-14(3)28)20(29)25-12-16-8-15(9-22)11-24-18(16)10-23/h4-6,8,11,13,19,21,30H,7,12H2,1-3H3,(H,25,29)(H,26,28)/t19-,21-/m0/s1. The van der Waals surface area contributed by atoms with Gasteiger partial charge in [-0.3, -0.25) is 9.59 Å². The maximum absolute atomic E-state index is 13.0. The van der Waals surface area contributed by atoms with E-state index in [1.165, 1.54) is 24.1 Å². The summed E-state index contributed by atoms with van der Waals surface area (Å²) in [5, 5.41) is 34.3. The van der Waals surface area contributed by atoms with Crippen LogP contribution in [0.2, 0.25) is 0 Å². The number of nitrogens with one attached hydrogen (secondary N) is 2. The van der Waals surface area contributed by atoms with E-state index < -0.39 is 12.3 Å². The van der Waals surface area contributed by atoms with Gasteiger partial charge < -0.3 is 20.6 Å². The number of aliphatic hydroxyl groups is 1. The van der Waals surface area contributed by atoms with Crippen molar-refractivity contribution in [1.82, 2.24) is 20.5 Å². The summed E-state index contributed by atoms with van der Waals surface area (Å²) in [7, 11) is 0. The minimum atomic E-state index is -1.19. The van der Waals surface area contributed by atoms with Crippen LogP contribution >= 0.6 is 0 Å². The fraction of sp³-hybridized carbons (Fsp3) is 0.381. The molecule has 0 aliphatic carbocycles. The van der Waals surface area contributed by atoms with Gasteiger partial charge in [-0.15, -0.1) is 0 Å². The number of pyridine rings is 1. The van der Waals surface area contributed by atoms with Crippen molar-refractivity contribution >= 4 is 11.8 Å². The number of hydrogen-bond acceptors (Lipinski definition) is 7. The predicted octanol–water partition coefficient (Wildman–Crippen LogP) is 1.02. The second-order valence-electron chi connectivity index (χ2n) is 7.28. The van der Waals surface area contributed by atoms with Gasteiger partial charge >= 0.3 is 0 Å². The Balaban J connectivity index is 2.20. The number of amides is 2. The van der Waals surface area contributed by atoms with Crippen molar-refractivity contribution in [2.45, 2.75) is 46.0 Å². The highest BCUT2D eigenvalue weighted by Crippen LogP contribution is 2.21. The molecule has 9 heteroatoms. The minimum absolute atomic E-state index is 0.0148. The van der Waals surface area contributed by atoms with Crippen molar-refractivity contribution in [2.75, 3.05) is 0 Å². The summed E-state index contributed by atoms with van der Waals surface area (Å²) in [6.45, 7) is 5.27. The van der Waals surface area contributed by atoms with Gasteiger partial charge in [0, 0.05) is 31.4 Å². The Morgan fingerprint density at radius 3 is 2.67 bits per heavy atom. The molecule has 2 amide bonds. The molecule has 0 fully saturated rings. The van der Waals surface area contributed by atoms with Crippen molar-refractivity contribution in [2.24, 2.45) is 5.92 Å². The molecule has 2 rings (SSSR count). The van der Waals surface area contributed by atoms with Gasteiger partial charge in [0.1, 0.15) is 23.9 Å². The Hall–Kier alpha value is -3.69. The van der Waals surface area contributed by atoms with Gasteiger partial charge in [-0.1, -0.05) is 13.8 Å². The van der Waals surface area contributed by atoms with Crippen molar-refractivity contribution in [3.05, 3.63) is 53.1 Å². The number of nitriles is 2. The van der Waals surface area contributed by atoms with Crippen molar-refractivity contribution in [1.29, 1.82) is 10.5 Å². The molecule has 9 nitrogen and oxygen atoms in total. The first kappa shape index (κ1) is 22.6. The molecule has 2 atom stereocenters. The second kappa shape index (κ2) is 10.2. The first-order valence-corrected chi connectivity index (χ1v) is 9.45. The average molecular weight is 408 g/mol. The maximum Gasteiger partial charge on any atom is 0.243 e. The minimum Gasteiger partial charge on any atom is -0.368 e. The van der Waals surface area contributed by atoms with Gasteiger partial charge in [0.05, 0.1) is 11.3 Å². The Morgan fingerprint density at radius 2 is 2.07 bits per heavy atom. The van der Waals surface area contributed by atoms with E-state index in [1.54, 1.807) is 18.4 Å². The van der Waals surface area contributed by atoms with E-state index in [-0.39, 0.29) is 41.2 Å². The fourth-order valence-corrected chi connectivity index (χ4v) is 3.08. The number of allylic oxidation sites excluding steroid dienone is 2. The largest absolute Gasteiger partial charge is 0.368 e. The van der Waals surface area contributed by atoms with Gasteiger partial charge in [0.2, 0.25) is 11.8 Å². The quantitative estimate of drug-likeness (QED) is 0.611. The lowest BCUT2D eigenvalue weighted by atomic mass is 10.00. The molecule has 0 aromatic carbocycles. The van der Waals surface area contributed by atoms with E-state index in [0.717, 1.165) is 0 Å². The van der Waals surface area contributed by atoms with Crippen LogP contribution in [0.4, 0.5) is 0 Å². The van der Waals surface area contributed by atoms with Crippen LogP contribution in [0.1, 0.15) is 44.0 Å². The average Bonchev–Trinajstić information content (AvgIpc) is 2.71. The molecular weight excluding hydrogens is 384 g/mol. The SMILES string of the molecule is CC(=O)NC1=CC=CN([C@@H](CC(C)C)C(=O)NCc2cc(C#N)cnc2C#N)[C@H]1O. The number of aromatic nitrogens is 1. The first-order chi connectivity index (χ1) is 14.3. The molecule has 3 N–H and O–H groups in total. The van der Waals surface area contributed by atoms with Gasteiger partial charge in [0.25, 0.3) is 0 Å². The Labute approximate surface area is 175 Å². The number of nitrogens with zero attached hydrogens (tertiary/aromatic N) is 4. The molecule has 1 aromatic rings. The van der Waals surface area contributed by atoms with Crippen LogP contribution in [-0.4, -0.2) is 39.1 Å². The van der Waals surface area contributed by atoms with Crippen LogP contribution in [-0.2, 0) is 16.1 Å². The van der Waals surface area contributed by atoms with Crippen molar-refractivity contribution in [3.8, 4) is 12.1 Å². The monoisotopic (exact) mass is 408 g/mol. The van der Waals surface area contributed by atoms with E-state index in [2.05, 4.69) is 15.6 Å². The summed E-state index contributed by atoms with van der Waals surface area (Å²) in [5.41, 5.74) is 1.13. The molecular formula is C21H24N6O3. The zero-order valence-electron chi connectivity index (χ0n) is 17.1. The molecule has 0 spiro atoms. The highest BCUT2D eigenvalue weighted by molar-refractivity contribution is 5.82. The van der Waals surface area contributed by atoms with E-state index in [1.807, 2.05) is 26.0 Å². The third-order valence-corrected chi connectivity index (χ3v) is 4.43. The second-order valence-corrected chi connectivity index (χ2v) is 7.28. The van der Waals surface area contributed by atoms with Gasteiger partial charge in [0.15, 0.2) is 6.23 Å². The molecule has 30 heavy (non-hydrogen) atoms. The van der Waals surface area contributed by atoms with Crippen LogP contribution in [0.5, 0.6) is 0 Å². The summed E-state index contributed by atoms with van der Waals surface area (Å²) in [5.74, 6) is -0.535. The highest BCUT2D eigenvalue weighted by atomic mass is 16.3.